The van der Waals surface area contributed by atoms with Crippen LogP contribution < -0.4 is 5.32 Å². The smallest absolute Gasteiger partial charge is 0.328 e. The normalized spacial score (nSPS) is 27.8. The lowest BCUT2D eigenvalue weighted by Gasteiger charge is -2.20. The molecule has 1 rings (SSSR count). The van der Waals surface area contributed by atoms with E-state index in [1.807, 2.05) is 0 Å². The molecule has 0 spiro atoms. The Morgan fingerprint density at radius 3 is 2.80 bits per heavy atom. The predicted octanol–water partition coefficient (Wildman–Crippen LogP) is 0.910. The first-order chi connectivity index (χ1) is 7.20. The molecule has 2 unspecified atom stereocenters. The number of aliphatic hydroxyl groups is 1. The van der Waals surface area contributed by atoms with Gasteiger partial charge in [-0.05, 0) is 12.8 Å². The molecular weight excluding hydrogens is 194 g/mol. The minimum Gasteiger partial charge on any atom is -0.478 e. The van der Waals surface area contributed by atoms with Gasteiger partial charge in [0, 0.05) is 18.7 Å². The van der Waals surface area contributed by atoms with Crippen molar-refractivity contribution in [2.75, 3.05) is 6.54 Å². The molecule has 1 saturated carbocycles. The fourth-order valence-electron chi connectivity index (χ4n) is 1.91. The van der Waals surface area contributed by atoms with E-state index < -0.39 is 5.97 Å². The molecule has 2 atom stereocenters. The standard InChI is InChI=1S/C11H19NO3/c13-10-6-3-1-2-5-9(10)12-8-4-7-11(14)15/h4,7,9-10,12-13H,1-3,5-6,8H2,(H,14,15)/b7-4+. The van der Waals surface area contributed by atoms with Gasteiger partial charge in [0.1, 0.15) is 0 Å². The summed E-state index contributed by atoms with van der Waals surface area (Å²) in [5.74, 6) is -0.932. The van der Waals surface area contributed by atoms with Crippen molar-refractivity contribution in [2.45, 2.75) is 44.2 Å². The zero-order valence-corrected chi connectivity index (χ0v) is 8.85. The van der Waals surface area contributed by atoms with Crippen molar-refractivity contribution in [2.24, 2.45) is 0 Å². The van der Waals surface area contributed by atoms with Crippen molar-refractivity contribution in [3.8, 4) is 0 Å². The van der Waals surface area contributed by atoms with Crippen molar-refractivity contribution < 1.29 is 15.0 Å². The summed E-state index contributed by atoms with van der Waals surface area (Å²) in [5, 5.41) is 21.3. The van der Waals surface area contributed by atoms with Crippen LogP contribution in [0.5, 0.6) is 0 Å². The molecule has 0 aliphatic heterocycles. The maximum absolute atomic E-state index is 10.2. The van der Waals surface area contributed by atoms with Crippen LogP contribution in [0.2, 0.25) is 0 Å². The Morgan fingerprint density at radius 1 is 1.33 bits per heavy atom. The molecule has 0 saturated heterocycles. The van der Waals surface area contributed by atoms with Crippen molar-refractivity contribution in [3.63, 3.8) is 0 Å². The first-order valence-corrected chi connectivity index (χ1v) is 5.51. The van der Waals surface area contributed by atoms with Gasteiger partial charge < -0.3 is 15.5 Å². The highest BCUT2D eigenvalue weighted by molar-refractivity contribution is 5.79. The van der Waals surface area contributed by atoms with Crippen molar-refractivity contribution in [1.82, 2.24) is 5.32 Å². The molecule has 0 aromatic heterocycles. The Balaban J connectivity index is 2.26. The lowest BCUT2D eigenvalue weighted by Crippen LogP contribution is -2.39. The Bertz CT molecular complexity index is 228. The van der Waals surface area contributed by atoms with Crippen LogP contribution in [-0.4, -0.2) is 34.9 Å². The quantitative estimate of drug-likeness (QED) is 0.479. The van der Waals surface area contributed by atoms with Crippen molar-refractivity contribution >= 4 is 5.97 Å². The fourth-order valence-corrected chi connectivity index (χ4v) is 1.91. The van der Waals surface area contributed by atoms with E-state index in [-0.39, 0.29) is 12.1 Å². The summed E-state index contributed by atoms with van der Waals surface area (Å²) in [6.45, 7) is 0.508. The summed E-state index contributed by atoms with van der Waals surface area (Å²) in [7, 11) is 0. The second-order valence-electron chi connectivity index (χ2n) is 3.96. The van der Waals surface area contributed by atoms with Gasteiger partial charge in [0.05, 0.1) is 6.10 Å². The zero-order chi connectivity index (χ0) is 11.1. The molecule has 1 fully saturated rings. The van der Waals surface area contributed by atoms with Crippen LogP contribution in [0.4, 0.5) is 0 Å². The van der Waals surface area contributed by atoms with E-state index >= 15 is 0 Å². The SMILES string of the molecule is O=C(O)/C=C/CNC1CCCCCC1O. The highest BCUT2D eigenvalue weighted by atomic mass is 16.4. The number of carbonyl (C=O) groups is 1. The van der Waals surface area contributed by atoms with E-state index in [0.717, 1.165) is 31.8 Å². The molecule has 86 valence electrons. The maximum atomic E-state index is 10.2. The van der Waals surface area contributed by atoms with Crippen LogP contribution in [0.15, 0.2) is 12.2 Å². The molecule has 3 N–H and O–H groups in total. The van der Waals surface area contributed by atoms with E-state index in [9.17, 15) is 9.90 Å². The number of carboxylic acid groups (broad SMARTS) is 1. The molecule has 0 aromatic rings. The summed E-state index contributed by atoms with van der Waals surface area (Å²) in [6.07, 6.45) is 7.63. The molecule has 0 amide bonds. The summed E-state index contributed by atoms with van der Waals surface area (Å²) in [6, 6.07) is 0.117. The van der Waals surface area contributed by atoms with Crippen LogP contribution in [0.1, 0.15) is 32.1 Å². The Hall–Kier alpha value is -0.870. The van der Waals surface area contributed by atoms with E-state index in [0.29, 0.717) is 6.54 Å². The van der Waals surface area contributed by atoms with Crippen molar-refractivity contribution in [3.05, 3.63) is 12.2 Å². The van der Waals surface area contributed by atoms with Gasteiger partial charge in [-0.15, -0.1) is 0 Å². The summed E-state index contributed by atoms with van der Waals surface area (Å²) in [5.41, 5.74) is 0. The third-order valence-corrected chi connectivity index (χ3v) is 2.74. The van der Waals surface area contributed by atoms with Crippen LogP contribution >= 0.6 is 0 Å². The van der Waals surface area contributed by atoms with Gasteiger partial charge in [0.25, 0.3) is 0 Å². The van der Waals surface area contributed by atoms with Crippen molar-refractivity contribution in [1.29, 1.82) is 0 Å². The number of hydrogen-bond donors (Lipinski definition) is 3. The van der Waals surface area contributed by atoms with E-state index in [4.69, 9.17) is 5.11 Å². The first kappa shape index (κ1) is 12.2. The van der Waals surface area contributed by atoms with Gasteiger partial charge in [-0.25, -0.2) is 4.79 Å². The van der Waals surface area contributed by atoms with Gasteiger partial charge in [-0.2, -0.15) is 0 Å². The van der Waals surface area contributed by atoms with Crippen LogP contribution in [0.3, 0.4) is 0 Å². The van der Waals surface area contributed by atoms with Crippen LogP contribution in [0, 0.1) is 0 Å². The van der Waals surface area contributed by atoms with Gasteiger partial charge >= 0.3 is 5.97 Å². The minimum atomic E-state index is -0.932. The van der Waals surface area contributed by atoms with Gasteiger partial charge in [0.15, 0.2) is 0 Å². The first-order valence-electron chi connectivity index (χ1n) is 5.51. The Labute approximate surface area is 90.0 Å². The molecule has 15 heavy (non-hydrogen) atoms. The average Bonchev–Trinajstić information content (AvgIpc) is 2.38. The molecule has 1 aliphatic carbocycles. The Kier molecular flexibility index (Phi) is 5.36. The summed E-state index contributed by atoms with van der Waals surface area (Å²) < 4.78 is 0. The van der Waals surface area contributed by atoms with E-state index in [1.54, 1.807) is 6.08 Å². The summed E-state index contributed by atoms with van der Waals surface area (Å²) >= 11 is 0. The van der Waals surface area contributed by atoms with E-state index in [2.05, 4.69) is 5.32 Å². The predicted molar refractivity (Wildman–Crippen MR) is 57.7 cm³/mol. The molecular formula is C11H19NO3. The molecule has 0 aromatic carbocycles. The van der Waals surface area contributed by atoms with Crippen LogP contribution in [0.25, 0.3) is 0 Å². The topological polar surface area (TPSA) is 69.6 Å². The fraction of sp³-hybridized carbons (Fsp3) is 0.727. The lowest BCUT2D eigenvalue weighted by molar-refractivity contribution is -0.131. The van der Waals surface area contributed by atoms with Gasteiger partial charge in [-0.3, -0.25) is 0 Å². The monoisotopic (exact) mass is 213 g/mol. The average molecular weight is 213 g/mol. The maximum Gasteiger partial charge on any atom is 0.328 e. The van der Waals surface area contributed by atoms with Crippen LogP contribution in [-0.2, 0) is 4.79 Å². The van der Waals surface area contributed by atoms with E-state index in [1.165, 1.54) is 6.42 Å². The number of nitrogens with one attached hydrogen (secondary N) is 1. The lowest BCUT2D eigenvalue weighted by atomic mass is 10.1. The molecule has 0 radical (unpaired) electrons. The number of carboxylic acids is 1. The zero-order valence-electron chi connectivity index (χ0n) is 8.85. The number of aliphatic hydroxyl groups excluding tert-OH is 1. The third-order valence-electron chi connectivity index (χ3n) is 2.74. The largest absolute Gasteiger partial charge is 0.478 e. The molecule has 1 aliphatic rings. The Morgan fingerprint density at radius 2 is 2.07 bits per heavy atom. The summed E-state index contributed by atoms with van der Waals surface area (Å²) in [4.78, 5) is 10.2. The number of aliphatic carboxylic acids is 1. The second-order valence-corrected chi connectivity index (χ2v) is 3.96. The minimum absolute atomic E-state index is 0.117. The highest BCUT2D eigenvalue weighted by Crippen LogP contribution is 2.17. The number of hydrogen-bond acceptors (Lipinski definition) is 3. The molecule has 0 heterocycles. The number of rotatable bonds is 4. The van der Waals surface area contributed by atoms with Gasteiger partial charge in [-0.1, -0.05) is 25.3 Å². The second kappa shape index (κ2) is 6.58. The molecule has 0 bridgehead atoms. The van der Waals surface area contributed by atoms with Gasteiger partial charge in [0.2, 0.25) is 0 Å². The third kappa shape index (κ3) is 4.95. The molecule has 4 nitrogen and oxygen atoms in total. The molecule has 4 heteroatoms. The highest BCUT2D eigenvalue weighted by Gasteiger charge is 2.19.